The molecule has 1 saturated carbocycles. The molecule has 2 heterocycles. The standard InChI is InChI=1S/C18H29N5O5/c1-13-3-5-18(6-4-13)16(26)23(17(27)19-18)20-14(24)11-21(2)12-15(25)22-7-9-28-10-8-22/h13H,3-12H2,1-2H3,(H,19,27)(H,20,24). The number of rotatable bonds is 5. The lowest BCUT2D eigenvalue weighted by Gasteiger charge is -2.33. The number of likely N-dealkylation sites (N-methyl/N-ethyl adjacent to an activating group) is 1. The SMILES string of the molecule is CC1CCC2(CC1)NC(=O)N(NC(=O)CN(C)CC(=O)N1CCOCC1)C2=O. The van der Waals surface area contributed by atoms with Crippen LogP contribution in [-0.4, -0.2) is 90.5 Å². The van der Waals surface area contributed by atoms with E-state index in [1.807, 2.05) is 0 Å². The molecule has 0 aromatic rings. The van der Waals surface area contributed by atoms with Crippen molar-refractivity contribution in [2.75, 3.05) is 46.4 Å². The molecule has 2 aliphatic heterocycles. The van der Waals surface area contributed by atoms with Gasteiger partial charge in [0, 0.05) is 13.1 Å². The third-order valence-corrected chi connectivity index (χ3v) is 5.71. The first-order chi connectivity index (χ1) is 13.3. The third-order valence-electron chi connectivity index (χ3n) is 5.71. The second kappa shape index (κ2) is 8.44. The summed E-state index contributed by atoms with van der Waals surface area (Å²) in [5.41, 5.74) is 1.50. The van der Waals surface area contributed by atoms with Gasteiger partial charge in [-0.1, -0.05) is 6.92 Å². The Bertz CT molecular complexity index is 640. The van der Waals surface area contributed by atoms with Crippen molar-refractivity contribution in [3.63, 3.8) is 0 Å². The molecular formula is C18H29N5O5. The maximum atomic E-state index is 12.7. The number of nitrogens with one attached hydrogen (secondary N) is 2. The van der Waals surface area contributed by atoms with Gasteiger partial charge in [0.25, 0.3) is 11.8 Å². The summed E-state index contributed by atoms with van der Waals surface area (Å²) in [7, 11) is 1.65. The highest BCUT2D eigenvalue weighted by Crippen LogP contribution is 2.35. The minimum atomic E-state index is -0.894. The van der Waals surface area contributed by atoms with E-state index in [-0.39, 0.29) is 19.0 Å². The van der Waals surface area contributed by atoms with Crippen LogP contribution in [0, 0.1) is 5.92 Å². The highest BCUT2D eigenvalue weighted by atomic mass is 16.5. The Morgan fingerprint density at radius 3 is 2.50 bits per heavy atom. The number of hydrazine groups is 1. The number of morpholine rings is 1. The van der Waals surface area contributed by atoms with Gasteiger partial charge < -0.3 is 15.0 Å². The number of hydrogen-bond donors (Lipinski definition) is 2. The van der Waals surface area contributed by atoms with Crippen molar-refractivity contribution in [2.24, 2.45) is 5.92 Å². The van der Waals surface area contributed by atoms with Crippen molar-refractivity contribution >= 4 is 23.8 Å². The Hall–Kier alpha value is -2.20. The van der Waals surface area contributed by atoms with Crippen LogP contribution in [0.5, 0.6) is 0 Å². The fraction of sp³-hybridized carbons (Fsp3) is 0.778. The Balaban J connectivity index is 1.49. The molecule has 0 aromatic heterocycles. The largest absolute Gasteiger partial charge is 0.378 e. The topological polar surface area (TPSA) is 111 Å². The zero-order valence-corrected chi connectivity index (χ0v) is 16.5. The van der Waals surface area contributed by atoms with Gasteiger partial charge in [-0.15, -0.1) is 0 Å². The zero-order chi connectivity index (χ0) is 20.3. The smallest absolute Gasteiger partial charge is 0.344 e. The molecule has 0 aromatic carbocycles. The van der Waals surface area contributed by atoms with Gasteiger partial charge in [-0.2, -0.15) is 5.01 Å². The van der Waals surface area contributed by atoms with Gasteiger partial charge in [-0.25, -0.2) is 4.79 Å². The van der Waals surface area contributed by atoms with Crippen LogP contribution in [0.2, 0.25) is 0 Å². The number of ether oxygens (including phenoxy) is 1. The maximum absolute atomic E-state index is 12.7. The van der Waals surface area contributed by atoms with Gasteiger partial charge in [0.1, 0.15) is 5.54 Å². The van der Waals surface area contributed by atoms with Gasteiger partial charge in [-0.05, 0) is 38.6 Å². The molecule has 3 fully saturated rings. The normalized spacial score (nSPS) is 28.0. The van der Waals surface area contributed by atoms with E-state index in [0.717, 1.165) is 17.9 Å². The molecule has 2 N–H and O–H groups in total. The van der Waals surface area contributed by atoms with E-state index in [9.17, 15) is 19.2 Å². The summed E-state index contributed by atoms with van der Waals surface area (Å²) < 4.78 is 5.22. The Morgan fingerprint density at radius 2 is 1.86 bits per heavy atom. The molecule has 3 aliphatic rings. The third kappa shape index (κ3) is 4.44. The van der Waals surface area contributed by atoms with Crippen LogP contribution < -0.4 is 10.7 Å². The summed E-state index contributed by atoms with van der Waals surface area (Å²) in [4.78, 5) is 52.8. The van der Waals surface area contributed by atoms with Gasteiger partial charge in [0.2, 0.25) is 5.91 Å². The minimum Gasteiger partial charge on any atom is -0.378 e. The molecule has 3 rings (SSSR count). The number of amides is 5. The lowest BCUT2D eigenvalue weighted by Crippen LogP contribution is -2.53. The van der Waals surface area contributed by atoms with Crippen molar-refractivity contribution in [3.8, 4) is 0 Å². The number of carbonyl (C=O) groups excluding carboxylic acids is 4. The van der Waals surface area contributed by atoms with E-state index in [2.05, 4.69) is 17.7 Å². The molecule has 2 saturated heterocycles. The van der Waals surface area contributed by atoms with Crippen LogP contribution in [0.4, 0.5) is 4.79 Å². The van der Waals surface area contributed by atoms with Crippen LogP contribution in [0.1, 0.15) is 32.6 Å². The maximum Gasteiger partial charge on any atom is 0.344 e. The fourth-order valence-corrected chi connectivity index (χ4v) is 3.92. The average Bonchev–Trinajstić information content (AvgIpc) is 2.89. The Labute approximate surface area is 164 Å². The van der Waals surface area contributed by atoms with Crippen LogP contribution in [0.15, 0.2) is 0 Å². The lowest BCUT2D eigenvalue weighted by molar-refractivity contribution is -0.141. The quantitative estimate of drug-likeness (QED) is 0.596. The Morgan fingerprint density at radius 1 is 1.21 bits per heavy atom. The first-order valence-corrected chi connectivity index (χ1v) is 9.81. The van der Waals surface area contributed by atoms with Crippen molar-refractivity contribution in [1.29, 1.82) is 0 Å². The van der Waals surface area contributed by atoms with Crippen molar-refractivity contribution in [3.05, 3.63) is 0 Å². The number of carbonyl (C=O) groups is 4. The van der Waals surface area contributed by atoms with Gasteiger partial charge >= 0.3 is 6.03 Å². The summed E-state index contributed by atoms with van der Waals surface area (Å²) in [6.45, 7) is 4.23. The number of nitrogens with zero attached hydrogens (tertiary/aromatic N) is 3. The van der Waals surface area contributed by atoms with Crippen LogP contribution in [0.3, 0.4) is 0 Å². The predicted octanol–water partition coefficient (Wildman–Crippen LogP) is -0.691. The van der Waals surface area contributed by atoms with Crippen molar-refractivity contribution < 1.29 is 23.9 Å². The van der Waals surface area contributed by atoms with E-state index in [0.29, 0.717) is 45.1 Å². The van der Waals surface area contributed by atoms with Gasteiger partial charge in [-0.3, -0.25) is 24.7 Å². The molecule has 1 aliphatic carbocycles. The van der Waals surface area contributed by atoms with Crippen molar-refractivity contribution in [1.82, 2.24) is 25.6 Å². The second-order valence-electron chi connectivity index (χ2n) is 8.04. The average molecular weight is 395 g/mol. The molecular weight excluding hydrogens is 366 g/mol. The predicted molar refractivity (Wildman–Crippen MR) is 98.8 cm³/mol. The second-order valence-corrected chi connectivity index (χ2v) is 8.04. The van der Waals surface area contributed by atoms with E-state index < -0.39 is 23.4 Å². The van der Waals surface area contributed by atoms with Crippen LogP contribution in [0.25, 0.3) is 0 Å². The fourth-order valence-electron chi connectivity index (χ4n) is 3.92. The summed E-state index contributed by atoms with van der Waals surface area (Å²) >= 11 is 0. The number of urea groups is 1. The Kier molecular flexibility index (Phi) is 6.19. The van der Waals surface area contributed by atoms with Gasteiger partial charge in [0.15, 0.2) is 0 Å². The molecule has 156 valence electrons. The zero-order valence-electron chi connectivity index (χ0n) is 16.5. The molecule has 10 nitrogen and oxygen atoms in total. The first-order valence-electron chi connectivity index (χ1n) is 9.81. The molecule has 0 atom stereocenters. The van der Waals surface area contributed by atoms with Gasteiger partial charge in [0.05, 0.1) is 26.3 Å². The molecule has 5 amide bonds. The van der Waals surface area contributed by atoms with Crippen molar-refractivity contribution in [2.45, 2.75) is 38.1 Å². The lowest BCUT2D eigenvalue weighted by atomic mass is 9.77. The van der Waals surface area contributed by atoms with E-state index in [1.165, 1.54) is 0 Å². The molecule has 28 heavy (non-hydrogen) atoms. The van der Waals surface area contributed by atoms with E-state index >= 15 is 0 Å². The molecule has 10 heteroatoms. The number of hydrogen-bond acceptors (Lipinski definition) is 6. The summed E-state index contributed by atoms with van der Waals surface area (Å²) in [5.74, 6) is -0.465. The molecule has 0 bridgehead atoms. The monoisotopic (exact) mass is 395 g/mol. The molecule has 1 spiro atoms. The van der Waals surface area contributed by atoms with E-state index in [4.69, 9.17) is 4.74 Å². The van der Waals surface area contributed by atoms with E-state index in [1.54, 1.807) is 16.8 Å². The first kappa shape index (κ1) is 20.5. The summed E-state index contributed by atoms with van der Waals surface area (Å²) in [6, 6.07) is -0.597. The molecule has 0 unspecified atom stereocenters. The van der Waals surface area contributed by atoms with Crippen LogP contribution in [-0.2, 0) is 19.1 Å². The van der Waals surface area contributed by atoms with Crippen LogP contribution >= 0.6 is 0 Å². The molecule has 0 radical (unpaired) electrons. The number of imide groups is 1. The summed E-state index contributed by atoms with van der Waals surface area (Å²) in [6.07, 6.45) is 2.89. The highest BCUT2D eigenvalue weighted by Gasteiger charge is 2.52. The summed E-state index contributed by atoms with van der Waals surface area (Å²) in [5, 5.41) is 3.55. The highest BCUT2D eigenvalue weighted by molar-refractivity contribution is 6.08. The minimum absolute atomic E-state index is 0.0788.